The van der Waals surface area contributed by atoms with Crippen LogP contribution >= 0.6 is 0 Å². The third kappa shape index (κ3) is 3.37. The van der Waals surface area contributed by atoms with Gasteiger partial charge in [0.05, 0.1) is 13.2 Å². The van der Waals surface area contributed by atoms with Gasteiger partial charge in [0.2, 0.25) is 5.91 Å². The number of urea groups is 1. The van der Waals surface area contributed by atoms with E-state index in [9.17, 15) is 9.59 Å². The molecule has 1 aromatic rings. The normalized spacial score (nSPS) is 14.5. The van der Waals surface area contributed by atoms with E-state index in [1.807, 2.05) is 25.1 Å². The first-order valence-corrected chi connectivity index (χ1v) is 6.14. The first kappa shape index (κ1) is 13.2. The van der Waals surface area contributed by atoms with E-state index in [0.717, 1.165) is 0 Å². The minimum Gasteiger partial charge on any atom is -0.490 e. The summed E-state index contributed by atoms with van der Waals surface area (Å²) in [5, 5.41) is 2.22. The zero-order valence-corrected chi connectivity index (χ0v) is 10.7. The largest absolute Gasteiger partial charge is 0.490 e. The summed E-state index contributed by atoms with van der Waals surface area (Å²) >= 11 is 0. The van der Waals surface area contributed by atoms with E-state index in [1.165, 1.54) is 4.90 Å². The number of carbonyl (C=O) groups excluding carboxylic acids is 2. The highest BCUT2D eigenvalue weighted by Crippen LogP contribution is 2.26. The first-order chi connectivity index (χ1) is 9.20. The van der Waals surface area contributed by atoms with Gasteiger partial charge in [-0.1, -0.05) is 12.1 Å². The Morgan fingerprint density at radius 3 is 2.47 bits per heavy atom. The van der Waals surface area contributed by atoms with Crippen molar-refractivity contribution >= 4 is 11.9 Å². The van der Waals surface area contributed by atoms with Crippen LogP contribution in [0.4, 0.5) is 4.79 Å². The summed E-state index contributed by atoms with van der Waals surface area (Å²) < 4.78 is 11.0. The Bertz CT molecular complexity index is 475. The van der Waals surface area contributed by atoms with Crippen molar-refractivity contribution < 1.29 is 19.1 Å². The molecular weight excluding hydrogens is 248 g/mol. The number of imide groups is 1. The monoisotopic (exact) mass is 264 g/mol. The van der Waals surface area contributed by atoms with Crippen molar-refractivity contribution in [3.63, 3.8) is 0 Å². The lowest BCUT2D eigenvalue weighted by atomic mass is 10.3. The highest BCUT2D eigenvalue weighted by molar-refractivity contribution is 6.01. The SMILES string of the molecule is CCOc1ccccc1OCCN1CC(=O)NC1=O. The van der Waals surface area contributed by atoms with Crippen LogP contribution in [0, 0.1) is 0 Å². The maximum Gasteiger partial charge on any atom is 0.324 e. The molecule has 1 aliphatic heterocycles. The molecule has 1 N–H and O–H groups in total. The Balaban J connectivity index is 1.86. The van der Waals surface area contributed by atoms with Gasteiger partial charge in [0, 0.05) is 0 Å². The second-order valence-corrected chi connectivity index (χ2v) is 4.00. The molecule has 6 heteroatoms. The molecule has 0 saturated carbocycles. The standard InChI is InChI=1S/C13H16N2O4/c1-2-18-10-5-3-4-6-11(10)19-8-7-15-9-12(16)14-13(15)17/h3-6H,2,7-9H2,1H3,(H,14,16,17). The van der Waals surface area contributed by atoms with E-state index in [-0.39, 0.29) is 18.5 Å². The van der Waals surface area contributed by atoms with Crippen LogP contribution in [0.15, 0.2) is 24.3 Å². The topological polar surface area (TPSA) is 67.9 Å². The van der Waals surface area contributed by atoms with Crippen LogP contribution in [0.5, 0.6) is 11.5 Å². The van der Waals surface area contributed by atoms with Crippen molar-refractivity contribution in [3.8, 4) is 11.5 Å². The molecule has 0 spiro atoms. The average molecular weight is 264 g/mol. The fourth-order valence-corrected chi connectivity index (χ4v) is 1.77. The summed E-state index contributed by atoms with van der Waals surface area (Å²) in [6.45, 7) is 3.22. The molecule has 0 bridgehead atoms. The van der Waals surface area contributed by atoms with Crippen LogP contribution in [0.1, 0.15) is 6.92 Å². The molecule has 0 atom stereocenters. The van der Waals surface area contributed by atoms with Crippen LogP contribution in [-0.2, 0) is 4.79 Å². The Labute approximate surface area is 111 Å². The molecule has 1 aromatic carbocycles. The van der Waals surface area contributed by atoms with Crippen molar-refractivity contribution in [2.75, 3.05) is 26.3 Å². The van der Waals surface area contributed by atoms with Gasteiger partial charge >= 0.3 is 6.03 Å². The summed E-state index contributed by atoms with van der Waals surface area (Å²) in [7, 11) is 0. The van der Waals surface area contributed by atoms with Crippen molar-refractivity contribution in [1.29, 1.82) is 0 Å². The molecule has 0 aromatic heterocycles. The number of benzene rings is 1. The van der Waals surface area contributed by atoms with Gasteiger partial charge in [-0.25, -0.2) is 4.79 Å². The minimum absolute atomic E-state index is 0.0926. The summed E-state index contributed by atoms with van der Waals surface area (Å²) in [6.07, 6.45) is 0. The molecule has 1 heterocycles. The fraction of sp³-hybridized carbons (Fsp3) is 0.385. The second kappa shape index (κ2) is 6.08. The summed E-state index contributed by atoms with van der Waals surface area (Å²) in [6, 6.07) is 6.98. The van der Waals surface area contributed by atoms with Crippen LogP contribution in [0.2, 0.25) is 0 Å². The van der Waals surface area contributed by atoms with E-state index in [0.29, 0.717) is 31.3 Å². The Kier molecular flexibility index (Phi) is 4.22. The fourth-order valence-electron chi connectivity index (χ4n) is 1.77. The third-order valence-corrected chi connectivity index (χ3v) is 2.64. The number of amides is 3. The number of hydrogen-bond acceptors (Lipinski definition) is 4. The van der Waals surface area contributed by atoms with Gasteiger partial charge in [-0.3, -0.25) is 10.1 Å². The van der Waals surface area contributed by atoms with E-state index in [4.69, 9.17) is 9.47 Å². The molecule has 19 heavy (non-hydrogen) atoms. The van der Waals surface area contributed by atoms with E-state index >= 15 is 0 Å². The second-order valence-electron chi connectivity index (χ2n) is 4.00. The number of para-hydroxylation sites is 2. The molecule has 0 unspecified atom stereocenters. The Morgan fingerprint density at radius 1 is 1.21 bits per heavy atom. The zero-order valence-electron chi connectivity index (χ0n) is 10.7. The van der Waals surface area contributed by atoms with Gasteiger partial charge in [-0.05, 0) is 19.1 Å². The predicted molar refractivity (Wildman–Crippen MR) is 68.2 cm³/mol. The molecule has 1 fully saturated rings. The van der Waals surface area contributed by atoms with Crippen LogP contribution in [0.3, 0.4) is 0 Å². The number of rotatable bonds is 6. The molecule has 1 aliphatic rings. The lowest BCUT2D eigenvalue weighted by Crippen LogP contribution is -2.31. The van der Waals surface area contributed by atoms with Gasteiger partial charge in [-0.2, -0.15) is 0 Å². The molecule has 0 radical (unpaired) electrons. The van der Waals surface area contributed by atoms with E-state index in [1.54, 1.807) is 6.07 Å². The number of nitrogens with zero attached hydrogens (tertiary/aromatic N) is 1. The number of hydrogen-bond donors (Lipinski definition) is 1. The van der Waals surface area contributed by atoms with Crippen molar-refractivity contribution in [1.82, 2.24) is 10.2 Å². The van der Waals surface area contributed by atoms with E-state index in [2.05, 4.69) is 5.32 Å². The maximum atomic E-state index is 11.3. The van der Waals surface area contributed by atoms with Crippen LogP contribution in [0.25, 0.3) is 0 Å². The summed E-state index contributed by atoms with van der Waals surface area (Å²) in [5.41, 5.74) is 0. The Morgan fingerprint density at radius 2 is 1.89 bits per heavy atom. The number of carbonyl (C=O) groups is 2. The van der Waals surface area contributed by atoms with Crippen LogP contribution in [-0.4, -0.2) is 43.1 Å². The lowest BCUT2D eigenvalue weighted by Gasteiger charge is -2.15. The smallest absolute Gasteiger partial charge is 0.324 e. The number of ether oxygens (including phenoxy) is 2. The molecular formula is C13H16N2O4. The molecule has 0 aliphatic carbocycles. The van der Waals surface area contributed by atoms with Crippen molar-refractivity contribution in [2.45, 2.75) is 6.92 Å². The van der Waals surface area contributed by atoms with Gasteiger partial charge in [0.15, 0.2) is 11.5 Å². The number of nitrogens with one attached hydrogen (secondary N) is 1. The minimum atomic E-state index is -0.369. The molecule has 6 nitrogen and oxygen atoms in total. The zero-order chi connectivity index (χ0) is 13.7. The highest BCUT2D eigenvalue weighted by atomic mass is 16.5. The highest BCUT2D eigenvalue weighted by Gasteiger charge is 2.26. The van der Waals surface area contributed by atoms with Gasteiger partial charge in [-0.15, -0.1) is 0 Å². The molecule has 102 valence electrons. The summed E-state index contributed by atoms with van der Waals surface area (Å²) in [5.74, 6) is 1.03. The average Bonchev–Trinajstić information content (AvgIpc) is 2.70. The molecule has 2 rings (SSSR count). The van der Waals surface area contributed by atoms with Crippen molar-refractivity contribution in [3.05, 3.63) is 24.3 Å². The summed E-state index contributed by atoms with van der Waals surface area (Å²) in [4.78, 5) is 23.7. The lowest BCUT2D eigenvalue weighted by molar-refractivity contribution is -0.118. The van der Waals surface area contributed by atoms with Crippen LogP contribution < -0.4 is 14.8 Å². The Hall–Kier alpha value is -2.24. The molecule has 1 saturated heterocycles. The van der Waals surface area contributed by atoms with Gasteiger partial charge in [0.1, 0.15) is 13.2 Å². The van der Waals surface area contributed by atoms with Crippen molar-refractivity contribution in [2.24, 2.45) is 0 Å². The molecule has 3 amide bonds. The van der Waals surface area contributed by atoms with E-state index < -0.39 is 0 Å². The van der Waals surface area contributed by atoms with Gasteiger partial charge in [0.25, 0.3) is 0 Å². The van der Waals surface area contributed by atoms with Gasteiger partial charge < -0.3 is 14.4 Å². The predicted octanol–water partition coefficient (Wildman–Crippen LogP) is 1.02. The quantitative estimate of drug-likeness (QED) is 0.779. The maximum absolute atomic E-state index is 11.3. The first-order valence-electron chi connectivity index (χ1n) is 6.14. The third-order valence-electron chi connectivity index (χ3n) is 2.64.